The molecule has 0 saturated heterocycles. The third-order valence-electron chi connectivity index (χ3n) is 2.80. The summed E-state index contributed by atoms with van der Waals surface area (Å²) in [6.45, 7) is 6.15. The second-order valence-corrected chi connectivity index (χ2v) is 6.40. The van der Waals surface area contributed by atoms with E-state index in [4.69, 9.17) is 11.6 Å². The largest absolute Gasteiger partial charge is 0.377 e. The molecule has 2 aromatic rings. The molecular weight excluding hydrogens is 332 g/mol. The van der Waals surface area contributed by atoms with Gasteiger partial charge in [0.05, 0.1) is 22.9 Å². The van der Waals surface area contributed by atoms with Crippen molar-refractivity contribution in [1.82, 2.24) is 4.98 Å². The van der Waals surface area contributed by atoms with Crippen LogP contribution in [-0.2, 0) is 0 Å². The number of anilines is 1. The lowest BCUT2D eigenvalue weighted by Gasteiger charge is -2.16. The zero-order chi connectivity index (χ0) is 13.3. The summed E-state index contributed by atoms with van der Waals surface area (Å²) in [5, 5.41) is 4.23. The van der Waals surface area contributed by atoms with Crippen molar-refractivity contribution in [2.45, 2.75) is 26.8 Å². The van der Waals surface area contributed by atoms with E-state index in [1.54, 1.807) is 11.3 Å². The first-order valence-electron chi connectivity index (χ1n) is 5.61. The Morgan fingerprint density at radius 3 is 2.72 bits per heavy atom. The van der Waals surface area contributed by atoms with Crippen LogP contribution in [0.15, 0.2) is 22.1 Å². The van der Waals surface area contributed by atoms with E-state index in [9.17, 15) is 0 Å². The van der Waals surface area contributed by atoms with Crippen molar-refractivity contribution in [3.63, 3.8) is 0 Å². The van der Waals surface area contributed by atoms with E-state index < -0.39 is 0 Å². The van der Waals surface area contributed by atoms with E-state index in [2.05, 4.69) is 33.2 Å². The minimum atomic E-state index is 0.215. The second kappa shape index (κ2) is 5.59. The van der Waals surface area contributed by atoms with Gasteiger partial charge in [0.15, 0.2) is 0 Å². The number of hydrogen-bond donors (Lipinski definition) is 1. The first kappa shape index (κ1) is 13.8. The van der Waals surface area contributed by atoms with Gasteiger partial charge in [-0.3, -0.25) is 0 Å². The highest BCUT2D eigenvalue weighted by Crippen LogP contribution is 2.33. The van der Waals surface area contributed by atoms with Gasteiger partial charge in [0.1, 0.15) is 0 Å². The van der Waals surface area contributed by atoms with Crippen LogP contribution in [0.4, 0.5) is 5.69 Å². The van der Waals surface area contributed by atoms with Gasteiger partial charge >= 0.3 is 0 Å². The Hall–Kier alpha value is -0.580. The van der Waals surface area contributed by atoms with Gasteiger partial charge < -0.3 is 5.32 Å². The van der Waals surface area contributed by atoms with Gasteiger partial charge in [-0.15, -0.1) is 11.3 Å². The molecule has 1 aromatic carbocycles. The Morgan fingerprint density at radius 2 is 2.11 bits per heavy atom. The maximum atomic E-state index is 6.15. The van der Waals surface area contributed by atoms with Crippen LogP contribution in [0.1, 0.15) is 29.1 Å². The Bertz CT molecular complexity index is 568. The highest BCUT2D eigenvalue weighted by molar-refractivity contribution is 9.10. The molecule has 18 heavy (non-hydrogen) atoms. The summed E-state index contributed by atoms with van der Waals surface area (Å²) in [5.41, 5.74) is 5.02. The van der Waals surface area contributed by atoms with E-state index in [0.717, 1.165) is 26.4 Å². The lowest BCUT2D eigenvalue weighted by Crippen LogP contribution is -2.07. The first-order chi connectivity index (χ1) is 8.49. The quantitative estimate of drug-likeness (QED) is 0.811. The summed E-state index contributed by atoms with van der Waals surface area (Å²) < 4.78 is 1.03. The first-order valence-corrected chi connectivity index (χ1v) is 7.66. The van der Waals surface area contributed by atoms with E-state index in [-0.39, 0.29) is 6.04 Å². The standard InChI is InChI=1S/C13H14BrClN2S/c1-7-4-10(14)12(5-11(7)15)17-9(3)13-8(2)16-6-18-13/h4-6,9,17H,1-3H3. The molecule has 96 valence electrons. The summed E-state index contributed by atoms with van der Waals surface area (Å²) in [6.07, 6.45) is 0. The molecule has 2 rings (SSSR count). The molecule has 1 unspecified atom stereocenters. The topological polar surface area (TPSA) is 24.9 Å². The van der Waals surface area contributed by atoms with E-state index in [1.807, 2.05) is 31.5 Å². The molecule has 1 N–H and O–H groups in total. The van der Waals surface area contributed by atoms with Crippen molar-refractivity contribution in [2.24, 2.45) is 0 Å². The fourth-order valence-electron chi connectivity index (χ4n) is 1.78. The number of halogens is 2. The van der Waals surface area contributed by atoms with Gasteiger partial charge in [0, 0.05) is 14.4 Å². The molecule has 1 atom stereocenters. The molecule has 0 aliphatic rings. The van der Waals surface area contributed by atoms with Crippen LogP contribution in [0.5, 0.6) is 0 Å². The van der Waals surface area contributed by atoms with Crippen LogP contribution < -0.4 is 5.32 Å². The van der Waals surface area contributed by atoms with E-state index in [0.29, 0.717) is 0 Å². The number of thiazole rings is 1. The van der Waals surface area contributed by atoms with Crippen LogP contribution in [0.2, 0.25) is 5.02 Å². The van der Waals surface area contributed by atoms with Crippen molar-refractivity contribution in [1.29, 1.82) is 0 Å². The lowest BCUT2D eigenvalue weighted by atomic mass is 10.2. The fourth-order valence-corrected chi connectivity index (χ4v) is 3.33. The second-order valence-electron chi connectivity index (χ2n) is 4.25. The Labute approximate surface area is 125 Å². The molecule has 0 amide bonds. The summed E-state index contributed by atoms with van der Waals surface area (Å²) in [5.74, 6) is 0. The van der Waals surface area contributed by atoms with Crippen molar-refractivity contribution >= 4 is 44.6 Å². The predicted octanol–water partition coefficient (Wildman–Crippen LogP) is 5.35. The minimum Gasteiger partial charge on any atom is -0.377 e. The Morgan fingerprint density at radius 1 is 1.39 bits per heavy atom. The highest BCUT2D eigenvalue weighted by atomic mass is 79.9. The van der Waals surface area contributed by atoms with Crippen LogP contribution in [-0.4, -0.2) is 4.98 Å². The van der Waals surface area contributed by atoms with Gasteiger partial charge in [-0.25, -0.2) is 4.98 Å². The molecule has 0 aliphatic heterocycles. The smallest absolute Gasteiger partial charge is 0.0798 e. The van der Waals surface area contributed by atoms with Crippen LogP contribution in [0.25, 0.3) is 0 Å². The van der Waals surface area contributed by atoms with Gasteiger partial charge in [-0.1, -0.05) is 11.6 Å². The van der Waals surface area contributed by atoms with Crippen molar-refractivity contribution in [2.75, 3.05) is 5.32 Å². The summed E-state index contributed by atoms with van der Waals surface area (Å²) in [4.78, 5) is 5.52. The molecule has 0 fully saturated rings. The number of nitrogens with one attached hydrogen (secondary N) is 1. The molecule has 0 radical (unpaired) electrons. The minimum absolute atomic E-state index is 0.215. The molecule has 5 heteroatoms. The number of aryl methyl sites for hydroxylation is 2. The van der Waals surface area contributed by atoms with Crippen LogP contribution in [0.3, 0.4) is 0 Å². The maximum absolute atomic E-state index is 6.15. The zero-order valence-corrected chi connectivity index (χ0v) is 13.6. The lowest BCUT2D eigenvalue weighted by molar-refractivity contribution is 0.889. The van der Waals surface area contributed by atoms with Crippen LogP contribution >= 0.6 is 38.9 Å². The van der Waals surface area contributed by atoms with Crippen molar-refractivity contribution in [3.8, 4) is 0 Å². The summed E-state index contributed by atoms with van der Waals surface area (Å²) in [7, 11) is 0. The molecule has 0 saturated carbocycles. The number of benzene rings is 1. The number of hydrogen-bond acceptors (Lipinski definition) is 3. The van der Waals surface area contributed by atoms with Gasteiger partial charge in [-0.2, -0.15) is 0 Å². The Balaban J connectivity index is 2.24. The van der Waals surface area contributed by atoms with E-state index in [1.165, 1.54) is 4.88 Å². The predicted molar refractivity (Wildman–Crippen MR) is 82.8 cm³/mol. The monoisotopic (exact) mass is 344 g/mol. The molecule has 1 aromatic heterocycles. The fraction of sp³-hybridized carbons (Fsp3) is 0.308. The molecule has 2 nitrogen and oxygen atoms in total. The third kappa shape index (κ3) is 2.87. The van der Waals surface area contributed by atoms with Crippen molar-refractivity contribution < 1.29 is 0 Å². The summed E-state index contributed by atoms with van der Waals surface area (Å²) in [6, 6.07) is 4.19. The summed E-state index contributed by atoms with van der Waals surface area (Å²) >= 11 is 11.4. The molecular formula is C13H14BrClN2S. The molecule has 0 bridgehead atoms. The molecule has 0 aliphatic carbocycles. The van der Waals surface area contributed by atoms with E-state index >= 15 is 0 Å². The van der Waals surface area contributed by atoms with Gasteiger partial charge in [-0.05, 0) is 54.4 Å². The molecule has 1 heterocycles. The zero-order valence-electron chi connectivity index (χ0n) is 10.4. The van der Waals surface area contributed by atoms with Gasteiger partial charge in [0.25, 0.3) is 0 Å². The maximum Gasteiger partial charge on any atom is 0.0798 e. The SMILES string of the molecule is Cc1cc(Br)c(NC(C)c2scnc2C)cc1Cl. The number of rotatable bonds is 3. The van der Waals surface area contributed by atoms with Crippen molar-refractivity contribution in [3.05, 3.63) is 43.3 Å². The number of nitrogens with zero attached hydrogens (tertiary/aromatic N) is 1. The Kier molecular flexibility index (Phi) is 4.30. The average molecular weight is 346 g/mol. The molecule has 0 spiro atoms. The van der Waals surface area contributed by atoms with Gasteiger partial charge in [0.2, 0.25) is 0 Å². The highest BCUT2D eigenvalue weighted by Gasteiger charge is 2.13. The number of aromatic nitrogens is 1. The third-order valence-corrected chi connectivity index (χ3v) is 4.97. The van der Waals surface area contributed by atoms with Crippen LogP contribution in [0, 0.1) is 13.8 Å². The average Bonchev–Trinajstić information content (AvgIpc) is 2.72. The normalized spacial score (nSPS) is 12.5.